The summed E-state index contributed by atoms with van der Waals surface area (Å²) < 4.78 is 5.58. The van der Waals surface area contributed by atoms with E-state index in [9.17, 15) is 9.59 Å². The van der Waals surface area contributed by atoms with Gasteiger partial charge in [0.15, 0.2) is 0 Å². The number of methoxy groups -OCH3 is 1. The highest BCUT2D eigenvalue weighted by Gasteiger charge is 2.52. The standard InChI is InChI=1S/C34H34ClN5O3/c1-22(41)39-34(40-16-8-3-9-17-40,28-21-37-30-13-7-5-11-25(28)30)32(33(42)38-19-23-10-4-6-12-29(23)35)27-20-36-31-15-14-24(43-2)18-26(27)31/h3-8,10-15,18,20-21,32,36-37H,9,16-17,19H2,1-2H3,(H,38,42)(H,39,41). The van der Waals surface area contributed by atoms with Crippen LogP contribution in [0.15, 0.2) is 91.3 Å². The zero-order valence-corrected chi connectivity index (χ0v) is 24.9. The fourth-order valence-electron chi connectivity index (χ4n) is 6.31. The third-order valence-corrected chi connectivity index (χ3v) is 8.61. The lowest BCUT2D eigenvalue weighted by Gasteiger charge is -2.49. The minimum Gasteiger partial charge on any atom is -0.497 e. The van der Waals surface area contributed by atoms with Gasteiger partial charge in [0.1, 0.15) is 17.3 Å². The molecule has 0 radical (unpaired) electrons. The average Bonchev–Trinajstić information content (AvgIpc) is 3.65. The van der Waals surface area contributed by atoms with E-state index in [1.165, 1.54) is 6.92 Å². The van der Waals surface area contributed by atoms with Crippen molar-refractivity contribution in [1.29, 1.82) is 0 Å². The van der Waals surface area contributed by atoms with Crippen molar-refractivity contribution in [3.05, 3.63) is 113 Å². The van der Waals surface area contributed by atoms with Crippen LogP contribution < -0.4 is 15.4 Å². The first-order valence-electron chi connectivity index (χ1n) is 14.3. The molecule has 0 saturated carbocycles. The van der Waals surface area contributed by atoms with E-state index in [0.717, 1.165) is 44.9 Å². The Kier molecular flexibility index (Phi) is 7.97. The summed E-state index contributed by atoms with van der Waals surface area (Å²) in [5.74, 6) is -0.717. The number of H-pyrrole nitrogens is 2. The maximum atomic E-state index is 14.8. The van der Waals surface area contributed by atoms with E-state index in [1.54, 1.807) is 13.2 Å². The molecule has 43 heavy (non-hydrogen) atoms. The molecule has 2 unspecified atom stereocenters. The number of hydrogen-bond donors (Lipinski definition) is 4. The fraction of sp³-hybridized carbons (Fsp3) is 0.235. The van der Waals surface area contributed by atoms with E-state index in [1.807, 2.05) is 73.1 Å². The number of carbonyl (C=O) groups excluding carboxylic acids is 2. The Morgan fingerprint density at radius 3 is 2.53 bits per heavy atom. The number of amides is 2. The summed E-state index contributed by atoms with van der Waals surface area (Å²) in [7, 11) is 1.62. The van der Waals surface area contributed by atoms with Gasteiger partial charge in [0, 0.05) is 71.3 Å². The van der Waals surface area contributed by atoms with Crippen LogP contribution in [-0.4, -0.2) is 46.9 Å². The third-order valence-electron chi connectivity index (χ3n) is 8.25. The van der Waals surface area contributed by atoms with Crippen molar-refractivity contribution in [3.63, 3.8) is 0 Å². The van der Waals surface area contributed by atoms with E-state index in [-0.39, 0.29) is 18.4 Å². The number of rotatable bonds is 9. The molecule has 8 nitrogen and oxygen atoms in total. The summed E-state index contributed by atoms with van der Waals surface area (Å²) in [6, 6.07) is 21.2. The quantitative estimate of drug-likeness (QED) is 0.158. The molecule has 0 bridgehead atoms. The Balaban J connectivity index is 1.62. The van der Waals surface area contributed by atoms with Crippen LogP contribution >= 0.6 is 11.6 Å². The van der Waals surface area contributed by atoms with Crippen LogP contribution in [0.5, 0.6) is 5.75 Å². The van der Waals surface area contributed by atoms with E-state index >= 15 is 0 Å². The van der Waals surface area contributed by atoms with Gasteiger partial charge in [0.2, 0.25) is 11.8 Å². The molecule has 6 rings (SSSR count). The molecule has 2 aromatic heterocycles. The Hall–Kier alpha value is -4.53. The van der Waals surface area contributed by atoms with Crippen LogP contribution in [0.4, 0.5) is 0 Å². The van der Waals surface area contributed by atoms with Crippen LogP contribution in [0, 0.1) is 0 Å². The number of carbonyl (C=O) groups is 2. The summed E-state index contributed by atoms with van der Waals surface area (Å²) in [5, 5.41) is 8.83. The molecule has 0 saturated heterocycles. The Morgan fingerprint density at radius 2 is 1.77 bits per heavy atom. The first-order valence-corrected chi connectivity index (χ1v) is 14.7. The molecule has 0 fully saturated rings. The number of nitrogens with zero attached hydrogens (tertiary/aromatic N) is 1. The third kappa shape index (κ3) is 5.28. The fourth-order valence-corrected chi connectivity index (χ4v) is 6.52. The number of fused-ring (bicyclic) bond motifs is 2. The zero-order valence-electron chi connectivity index (χ0n) is 24.1. The molecule has 5 aromatic rings. The summed E-state index contributed by atoms with van der Waals surface area (Å²) >= 11 is 6.48. The normalized spacial score (nSPS) is 15.7. The number of nitrogens with one attached hydrogen (secondary N) is 4. The lowest BCUT2D eigenvalue weighted by molar-refractivity contribution is -0.132. The lowest BCUT2D eigenvalue weighted by Crippen LogP contribution is -2.64. The molecule has 2 atom stereocenters. The van der Waals surface area contributed by atoms with Crippen LogP contribution in [0.1, 0.15) is 36.0 Å². The Bertz CT molecular complexity index is 1830. The average molecular weight is 596 g/mol. The lowest BCUT2D eigenvalue weighted by atomic mass is 9.77. The van der Waals surface area contributed by atoms with Crippen molar-refractivity contribution in [1.82, 2.24) is 25.5 Å². The van der Waals surface area contributed by atoms with Crippen molar-refractivity contribution in [2.24, 2.45) is 0 Å². The summed E-state index contributed by atoms with van der Waals surface area (Å²) in [6.45, 7) is 2.90. The van der Waals surface area contributed by atoms with Gasteiger partial charge in [0.05, 0.1) is 7.11 Å². The highest BCUT2D eigenvalue weighted by Crippen LogP contribution is 2.46. The summed E-state index contributed by atoms with van der Waals surface area (Å²) in [5.41, 5.74) is 2.85. The van der Waals surface area contributed by atoms with Gasteiger partial charge in [-0.3, -0.25) is 14.5 Å². The predicted molar refractivity (Wildman–Crippen MR) is 170 cm³/mol. The SMILES string of the molecule is COc1ccc2[nH]cc(C(C(=O)NCc3ccccc3Cl)C(NC(C)=O)(c3c[nH]c4ccccc34)N3CC=CCC3)c2c1. The van der Waals surface area contributed by atoms with Crippen molar-refractivity contribution < 1.29 is 14.3 Å². The summed E-state index contributed by atoms with van der Waals surface area (Å²) in [4.78, 5) is 37.0. The molecule has 4 N–H and O–H groups in total. The molecule has 9 heteroatoms. The highest BCUT2D eigenvalue weighted by atomic mass is 35.5. The van der Waals surface area contributed by atoms with Gasteiger partial charge in [-0.25, -0.2) is 0 Å². The number of hydrogen-bond acceptors (Lipinski definition) is 4. The maximum absolute atomic E-state index is 14.8. The van der Waals surface area contributed by atoms with Gasteiger partial charge in [-0.1, -0.05) is 60.2 Å². The molecule has 3 aromatic carbocycles. The molecular formula is C34H34ClN5O3. The largest absolute Gasteiger partial charge is 0.497 e. The van der Waals surface area contributed by atoms with Gasteiger partial charge in [-0.2, -0.15) is 0 Å². The molecule has 220 valence electrons. The molecule has 3 heterocycles. The van der Waals surface area contributed by atoms with Crippen LogP contribution in [0.25, 0.3) is 21.8 Å². The van der Waals surface area contributed by atoms with Crippen molar-refractivity contribution in [2.75, 3.05) is 20.2 Å². The highest BCUT2D eigenvalue weighted by molar-refractivity contribution is 6.31. The van der Waals surface area contributed by atoms with Gasteiger partial charge >= 0.3 is 0 Å². The monoisotopic (exact) mass is 595 g/mol. The van der Waals surface area contributed by atoms with Crippen molar-refractivity contribution >= 4 is 45.2 Å². The molecule has 0 aliphatic carbocycles. The molecular weight excluding hydrogens is 562 g/mol. The van der Waals surface area contributed by atoms with E-state index in [4.69, 9.17) is 16.3 Å². The molecule has 1 aliphatic rings. The van der Waals surface area contributed by atoms with Crippen molar-refractivity contribution in [3.8, 4) is 5.75 Å². The molecule has 1 aliphatic heterocycles. The smallest absolute Gasteiger partial charge is 0.232 e. The van der Waals surface area contributed by atoms with Gasteiger partial charge in [-0.05, 0) is 47.9 Å². The second-order valence-electron chi connectivity index (χ2n) is 10.8. The Morgan fingerprint density at radius 1 is 1.00 bits per heavy atom. The van der Waals surface area contributed by atoms with Crippen LogP contribution in [0.2, 0.25) is 5.02 Å². The zero-order chi connectivity index (χ0) is 30.0. The van der Waals surface area contributed by atoms with E-state index in [0.29, 0.717) is 23.9 Å². The summed E-state index contributed by atoms with van der Waals surface area (Å²) in [6.07, 6.45) is 8.79. The van der Waals surface area contributed by atoms with E-state index in [2.05, 4.69) is 37.7 Å². The number of halogens is 1. The number of aromatic nitrogens is 2. The minimum absolute atomic E-state index is 0.227. The number of aromatic amines is 2. The Labute approximate surface area is 255 Å². The number of ether oxygens (including phenoxy) is 1. The number of para-hydroxylation sites is 1. The predicted octanol–water partition coefficient (Wildman–Crippen LogP) is 5.96. The minimum atomic E-state index is -1.26. The second kappa shape index (κ2) is 12.0. The van der Waals surface area contributed by atoms with Gasteiger partial charge in [0.25, 0.3) is 0 Å². The molecule has 0 spiro atoms. The van der Waals surface area contributed by atoms with Crippen LogP contribution in [0.3, 0.4) is 0 Å². The first kappa shape index (κ1) is 28.6. The van der Waals surface area contributed by atoms with Crippen molar-refractivity contribution in [2.45, 2.75) is 31.5 Å². The maximum Gasteiger partial charge on any atom is 0.232 e. The van der Waals surface area contributed by atoms with Gasteiger partial charge in [-0.15, -0.1) is 0 Å². The number of benzene rings is 3. The first-order chi connectivity index (χ1) is 20.9. The van der Waals surface area contributed by atoms with Gasteiger partial charge < -0.3 is 25.3 Å². The topological polar surface area (TPSA) is 102 Å². The van der Waals surface area contributed by atoms with Crippen LogP contribution in [-0.2, 0) is 21.8 Å². The second-order valence-corrected chi connectivity index (χ2v) is 11.2. The molecule has 2 amide bonds. The van der Waals surface area contributed by atoms with E-state index < -0.39 is 11.6 Å².